The highest BCUT2D eigenvalue weighted by atomic mass is 32.2. The zero-order chi connectivity index (χ0) is 34.2. The van der Waals surface area contributed by atoms with Gasteiger partial charge in [-0.15, -0.1) is 0 Å². The summed E-state index contributed by atoms with van der Waals surface area (Å²) >= 11 is 0.822. The fourth-order valence-electron chi connectivity index (χ4n) is 6.94. The van der Waals surface area contributed by atoms with Crippen molar-refractivity contribution in [3.63, 3.8) is 0 Å². The molecule has 2 N–H and O–H groups in total. The van der Waals surface area contributed by atoms with Crippen molar-refractivity contribution in [2.24, 2.45) is 0 Å². The molecule has 0 saturated carbocycles. The predicted molar refractivity (Wildman–Crippen MR) is 209 cm³/mol. The number of anilines is 6. The molecule has 0 aliphatic rings. The maximum absolute atomic E-state index is 11.6. The Morgan fingerprint density at radius 2 is 0.880 bits per heavy atom. The Hall–Kier alpha value is -5.38. The normalized spacial score (nSPS) is 11.8. The van der Waals surface area contributed by atoms with Gasteiger partial charge < -0.3 is 14.4 Å². The van der Waals surface area contributed by atoms with Crippen molar-refractivity contribution in [2.45, 2.75) is 11.5 Å². The van der Waals surface area contributed by atoms with Crippen LogP contribution in [0.4, 0.5) is 34.1 Å². The van der Waals surface area contributed by atoms with Crippen LogP contribution in [0.25, 0.3) is 32.3 Å². The molecule has 0 unspecified atom stereocenters. The minimum Gasteiger partial charge on any atom is -0.330 e. The fourth-order valence-corrected chi connectivity index (χ4v) is 7.89. The van der Waals surface area contributed by atoms with Gasteiger partial charge in [0.25, 0.3) is 10.1 Å². The van der Waals surface area contributed by atoms with Gasteiger partial charge in [0.15, 0.2) is 0 Å². The molecule has 8 aromatic rings. The maximum atomic E-state index is 11.6. The van der Waals surface area contributed by atoms with E-state index in [1.54, 1.807) is 12.1 Å². The molecule has 0 heterocycles. The lowest BCUT2D eigenvalue weighted by Gasteiger charge is -2.29. The molecule has 0 bridgehead atoms. The SMILES string of the molecule is O=S(=O)(O)Cc1ccc(N(c2ccccc2)c2ccc3ccc4c(N(c5ccccc5)c5ccc(CSO)cc5)ccc5ccc2c3c54)cc1. The first-order valence-corrected chi connectivity index (χ1v) is 18.7. The molecular weight excluding hydrogens is 661 g/mol. The van der Waals surface area contributed by atoms with E-state index in [1.165, 1.54) is 5.39 Å². The lowest BCUT2D eigenvalue weighted by molar-refractivity contribution is 0.482. The van der Waals surface area contributed by atoms with E-state index in [1.807, 2.05) is 36.4 Å². The minimum absolute atomic E-state index is 0.439. The van der Waals surface area contributed by atoms with Crippen molar-refractivity contribution in [2.75, 3.05) is 9.80 Å². The molecule has 8 rings (SSSR count). The van der Waals surface area contributed by atoms with E-state index in [0.29, 0.717) is 11.3 Å². The second-order valence-corrected chi connectivity index (χ2v) is 14.3. The van der Waals surface area contributed by atoms with Crippen molar-refractivity contribution in [3.8, 4) is 0 Å². The van der Waals surface area contributed by atoms with Crippen LogP contribution in [0.2, 0.25) is 0 Å². The Balaban J connectivity index is 1.34. The van der Waals surface area contributed by atoms with E-state index in [2.05, 4.69) is 119 Å². The maximum Gasteiger partial charge on any atom is 0.269 e. The summed E-state index contributed by atoms with van der Waals surface area (Å²) in [5.41, 5.74) is 7.50. The Morgan fingerprint density at radius 3 is 1.30 bits per heavy atom. The van der Waals surface area contributed by atoms with Crippen LogP contribution in [-0.4, -0.2) is 17.5 Å². The molecular formula is C42H32N2O4S2. The number of hydrogen-bond acceptors (Lipinski definition) is 6. The summed E-state index contributed by atoms with van der Waals surface area (Å²) in [6.45, 7) is 0. The van der Waals surface area contributed by atoms with Crippen LogP contribution in [0.5, 0.6) is 0 Å². The average Bonchev–Trinajstić information content (AvgIpc) is 3.13. The second-order valence-electron chi connectivity index (χ2n) is 12.3. The largest absolute Gasteiger partial charge is 0.330 e. The first-order chi connectivity index (χ1) is 24.4. The van der Waals surface area contributed by atoms with E-state index in [0.717, 1.165) is 78.7 Å². The van der Waals surface area contributed by atoms with E-state index in [4.69, 9.17) is 0 Å². The second kappa shape index (κ2) is 13.2. The highest BCUT2D eigenvalue weighted by Gasteiger charge is 2.22. The molecule has 0 aliphatic carbocycles. The molecule has 0 aliphatic heterocycles. The number of rotatable bonds is 10. The summed E-state index contributed by atoms with van der Waals surface area (Å²) in [6, 6.07) is 53.6. The van der Waals surface area contributed by atoms with Gasteiger partial charge in [-0.2, -0.15) is 8.42 Å². The van der Waals surface area contributed by atoms with Crippen LogP contribution in [0.3, 0.4) is 0 Å². The minimum atomic E-state index is -4.15. The molecule has 0 saturated heterocycles. The van der Waals surface area contributed by atoms with Gasteiger partial charge in [0, 0.05) is 39.3 Å². The van der Waals surface area contributed by atoms with E-state index in [9.17, 15) is 17.5 Å². The summed E-state index contributed by atoms with van der Waals surface area (Å²) in [5, 5.41) is 6.81. The molecule has 0 amide bonds. The van der Waals surface area contributed by atoms with Gasteiger partial charge in [0.1, 0.15) is 5.75 Å². The Labute approximate surface area is 295 Å². The van der Waals surface area contributed by atoms with Crippen LogP contribution in [-0.2, 0) is 21.6 Å². The number of benzene rings is 8. The summed E-state index contributed by atoms with van der Waals surface area (Å²) < 4.78 is 42.0. The molecule has 6 nitrogen and oxygen atoms in total. The summed E-state index contributed by atoms with van der Waals surface area (Å²) in [6.07, 6.45) is 0. The molecule has 0 fully saturated rings. The van der Waals surface area contributed by atoms with Crippen molar-refractivity contribution in [1.82, 2.24) is 0 Å². The first-order valence-electron chi connectivity index (χ1n) is 16.2. The van der Waals surface area contributed by atoms with Crippen molar-refractivity contribution >= 4 is 88.6 Å². The van der Waals surface area contributed by atoms with E-state index < -0.39 is 15.9 Å². The lowest BCUT2D eigenvalue weighted by atomic mass is 9.91. The van der Waals surface area contributed by atoms with Crippen molar-refractivity contribution in [1.29, 1.82) is 0 Å². The smallest absolute Gasteiger partial charge is 0.269 e. The van der Waals surface area contributed by atoms with Gasteiger partial charge in [0.2, 0.25) is 0 Å². The number of nitrogens with zero attached hydrogens (tertiary/aromatic N) is 2. The third-order valence-electron chi connectivity index (χ3n) is 9.10. The highest BCUT2D eigenvalue weighted by Crippen LogP contribution is 2.47. The molecule has 0 spiro atoms. The summed E-state index contributed by atoms with van der Waals surface area (Å²) in [4.78, 5) is 4.47. The standard InChI is InChI=1S/C42H32N2O4S2/c45-49-27-29-11-19-35(20-12-29)43(33-7-3-1-4-8-33)39-25-17-31-16-24-38-40(26-18-32-15-23-37(39)41(31)42(32)38)44(34-9-5-2-6-10-34)36-21-13-30(14-22-36)28-50(46,47)48/h1-26,45H,27-28H2,(H,46,47,48). The van der Waals surface area contributed by atoms with Crippen LogP contribution in [0, 0.1) is 0 Å². The molecule has 8 aromatic carbocycles. The quantitative estimate of drug-likeness (QED) is 0.0838. The topological polar surface area (TPSA) is 81.1 Å². The van der Waals surface area contributed by atoms with Crippen LogP contribution in [0.1, 0.15) is 11.1 Å². The van der Waals surface area contributed by atoms with Crippen molar-refractivity contribution < 1.29 is 17.5 Å². The molecule has 0 radical (unpaired) electrons. The van der Waals surface area contributed by atoms with E-state index >= 15 is 0 Å². The number of hydrogen-bond donors (Lipinski definition) is 2. The predicted octanol–water partition coefficient (Wildman–Crippen LogP) is 11.6. The molecule has 246 valence electrons. The van der Waals surface area contributed by atoms with Gasteiger partial charge in [-0.25, -0.2) is 0 Å². The van der Waals surface area contributed by atoms with Gasteiger partial charge in [0.05, 0.1) is 11.4 Å². The molecule has 0 aromatic heterocycles. The zero-order valence-corrected chi connectivity index (χ0v) is 28.5. The summed E-state index contributed by atoms with van der Waals surface area (Å²) in [7, 11) is -4.15. The van der Waals surface area contributed by atoms with Crippen LogP contribution in [0.15, 0.2) is 158 Å². The number of para-hydroxylation sites is 2. The molecule has 0 atom stereocenters. The van der Waals surface area contributed by atoms with Crippen LogP contribution >= 0.6 is 12.0 Å². The fraction of sp³-hybridized carbons (Fsp3) is 0.0476. The highest BCUT2D eigenvalue weighted by molar-refractivity contribution is 7.92. The van der Waals surface area contributed by atoms with Gasteiger partial charge in [-0.05, 0) is 105 Å². The Morgan fingerprint density at radius 1 is 0.480 bits per heavy atom. The van der Waals surface area contributed by atoms with Crippen molar-refractivity contribution in [3.05, 3.63) is 169 Å². The van der Waals surface area contributed by atoms with E-state index in [-0.39, 0.29) is 0 Å². The third-order valence-corrected chi connectivity index (χ3v) is 10.3. The summed E-state index contributed by atoms with van der Waals surface area (Å²) in [5.74, 6) is 0.0902. The lowest BCUT2D eigenvalue weighted by Crippen LogP contribution is -2.11. The third kappa shape index (κ3) is 6.03. The average molecular weight is 693 g/mol. The van der Waals surface area contributed by atoms with Crippen LogP contribution < -0.4 is 9.80 Å². The molecule has 8 heteroatoms. The Kier molecular flexibility index (Phi) is 8.38. The monoisotopic (exact) mass is 692 g/mol. The van der Waals surface area contributed by atoms with Gasteiger partial charge in [-0.1, -0.05) is 97.1 Å². The zero-order valence-electron chi connectivity index (χ0n) is 26.8. The van der Waals surface area contributed by atoms with Gasteiger partial charge >= 0.3 is 0 Å². The molecule has 50 heavy (non-hydrogen) atoms. The Bertz CT molecular complexity index is 2540. The van der Waals surface area contributed by atoms with Gasteiger partial charge in [-0.3, -0.25) is 4.55 Å². The first kappa shape index (κ1) is 31.9.